The fourth-order valence-corrected chi connectivity index (χ4v) is 2.16. The first kappa shape index (κ1) is 15.0. The highest BCUT2D eigenvalue weighted by molar-refractivity contribution is 5.39. The Balaban J connectivity index is 1.72. The van der Waals surface area contributed by atoms with Gasteiger partial charge >= 0.3 is 0 Å². The molecule has 6 heteroatoms. The van der Waals surface area contributed by atoms with E-state index >= 15 is 0 Å². The lowest BCUT2D eigenvalue weighted by atomic mass is 10.2. The Bertz CT molecular complexity index is 393. The third-order valence-electron chi connectivity index (χ3n) is 3.26. The summed E-state index contributed by atoms with van der Waals surface area (Å²) in [6.45, 7) is 3.65. The second-order valence-electron chi connectivity index (χ2n) is 5.37. The molecule has 0 spiro atoms. The molecule has 1 atom stereocenters. The minimum atomic E-state index is 0.301. The van der Waals surface area contributed by atoms with Crippen LogP contribution in [-0.4, -0.2) is 61.3 Å². The fraction of sp³-hybridized carbons (Fsp3) is 0.714. The normalized spacial score (nSPS) is 18.4. The molecule has 2 heterocycles. The molecule has 0 radical (unpaired) electrons. The van der Waals surface area contributed by atoms with Gasteiger partial charge in [0.2, 0.25) is 5.95 Å². The Labute approximate surface area is 120 Å². The molecule has 20 heavy (non-hydrogen) atoms. The third kappa shape index (κ3) is 5.30. The van der Waals surface area contributed by atoms with Crippen molar-refractivity contribution in [1.29, 1.82) is 0 Å². The van der Waals surface area contributed by atoms with Crippen LogP contribution in [0.2, 0.25) is 0 Å². The first-order valence-corrected chi connectivity index (χ1v) is 7.31. The number of rotatable bonds is 8. The van der Waals surface area contributed by atoms with Crippen LogP contribution < -0.4 is 10.6 Å². The number of nitrogens with one attached hydrogen (secondary N) is 2. The Kier molecular flexibility index (Phi) is 6.01. The highest BCUT2D eigenvalue weighted by Crippen LogP contribution is 2.12. The van der Waals surface area contributed by atoms with Crippen molar-refractivity contribution >= 4 is 11.8 Å². The van der Waals surface area contributed by atoms with Crippen LogP contribution in [0, 0.1) is 0 Å². The predicted molar refractivity (Wildman–Crippen MR) is 81.2 cm³/mol. The van der Waals surface area contributed by atoms with Gasteiger partial charge in [0, 0.05) is 25.9 Å². The van der Waals surface area contributed by atoms with E-state index < -0.39 is 0 Å². The van der Waals surface area contributed by atoms with E-state index in [0.717, 1.165) is 51.3 Å². The summed E-state index contributed by atoms with van der Waals surface area (Å²) in [6.07, 6.45) is 5.45. The predicted octanol–water partition coefficient (Wildman–Crippen LogP) is 1.43. The number of aromatic nitrogens is 2. The monoisotopic (exact) mass is 279 g/mol. The summed E-state index contributed by atoms with van der Waals surface area (Å²) in [5, 5.41) is 6.56. The molecule has 6 nitrogen and oxygen atoms in total. The smallest absolute Gasteiger partial charge is 0.224 e. The first-order valence-electron chi connectivity index (χ1n) is 7.31. The highest BCUT2D eigenvalue weighted by Gasteiger charge is 2.15. The highest BCUT2D eigenvalue weighted by atomic mass is 16.5. The van der Waals surface area contributed by atoms with E-state index in [9.17, 15) is 0 Å². The molecular weight excluding hydrogens is 254 g/mol. The first-order chi connectivity index (χ1) is 9.74. The van der Waals surface area contributed by atoms with Crippen molar-refractivity contribution in [3.63, 3.8) is 0 Å². The molecule has 0 saturated carbocycles. The third-order valence-corrected chi connectivity index (χ3v) is 3.26. The van der Waals surface area contributed by atoms with Crippen molar-refractivity contribution in [3.05, 3.63) is 12.3 Å². The molecule has 1 aliphatic rings. The van der Waals surface area contributed by atoms with E-state index in [0.29, 0.717) is 12.1 Å². The number of ether oxygens (including phenoxy) is 1. The van der Waals surface area contributed by atoms with E-state index in [4.69, 9.17) is 4.74 Å². The van der Waals surface area contributed by atoms with Gasteiger partial charge in [-0.2, -0.15) is 4.98 Å². The van der Waals surface area contributed by atoms with Gasteiger partial charge in [-0.3, -0.25) is 0 Å². The molecule has 112 valence electrons. The number of hydrogen-bond acceptors (Lipinski definition) is 6. The Hall–Kier alpha value is -1.40. The molecule has 1 aromatic heterocycles. The molecule has 1 aliphatic heterocycles. The average molecular weight is 279 g/mol. The maximum Gasteiger partial charge on any atom is 0.224 e. The summed E-state index contributed by atoms with van der Waals surface area (Å²) < 4.78 is 5.57. The molecule has 0 amide bonds. The van der Waals surface area contributed by atoms with Crippen LogP contribution in [0.15, 0.2) is 12.3 Å². The van der Waals surface area contributed by atoms with Crippen molar-refractivity contribution in [2.24, 2.45) is 0 Å². The standard InChI is InChI=1S/C14H25N5O/c1-19(2)9-4-7-15-13-6-8-16-14(18-13)17-11-12-5-3-10-20-12/h6,8,12H,3-5,7,9-11H2,1-2H3,(H2,15,16,17,18). The number of nitrogens with zero attached hydrogens (tertiary/aromatic N) is 3. The lowest BCUT2D eigenvalue weighted by Crippen LogP contribution is -2.20. The van der Waals surface area contributed by atoms with Crippen molar-refractivity contribution < 1.29 is 4.74 Å². The molecule has 2 rings (SSSR count). The van der Waals surface area contributed by atoms with Gasteiger partial charge in [0.05, 0.1) is 6.10 Å². The van der Waals surface area contributed by atoms with Crippen molar-refractivity contribution in [2.45, 2.75) is 25.4 Å². The molecule has 1 fully saturated rings. The fourth-order valence-electron chi connectivity index (χ4n) is 2.16. The second-order valence-corrected chi connectivity index (χ2v) is 5.37. The second kappa shape index (κ2) is 8.01. The summed E-state index contributed by atoms with van der Waals surface area (Å²) >= 11 is 0. The van der Waals surface area contributed by atoms with Gasteiger partial charge in [-0.15, -0.1) is 0 Å². The summed E-state index contributed by atoms with van der Waals surface area (Å²) in [4.78, 5) is 10.9. The lowest BCUT2D eigenvalue weighted by molar-refractivity contribution is 0.120. The van der Waals surface area contributed by atoms with E-state index in [2.05, 4.69) is 39.6 Å². The molecule has 1 unspecified atom stereocenters. The maximum atomic E-state index is 5.57. The van der Waals surface area contributed by atoms with Gasteiger partial charge in [0.1, 0.15) is 5.82 Å². The van der Waals surface area contributed by atoms with E-state index in [1.807, 2.05) is 6.07 Å². The lowest BCUT2D eigenvalue weighted by Gasteiger charge is -2.12. The zero-order valence-electron chi connectivity index (χ0n) is 12.4. The van der Waals surface area contributed by atoms with Gasteiger partial charge in [0.15, 0.2) is 0 Å². The van der Waals surface area contributed by atoms with E-state index in [1.54, 1.807) is 6.20 Å². The summed E-state index contributed by atoms with van der Waals surface area (Å²) in [5.41, 5.74) is 0. The topological polar surface area (TPSA) is 62.3 Å². The van der Waals surface area contributed by atoms with Crippen molar-refractivity contribution in [2.75, 3.05) is 51.0 Å². The molecule has 1 aromatic rings. The summed E-state index contributed by atoms with van der Waals surface area (Å²) in [5.74, 6) is 1.53. The Morgan fingerprint density at radius 3 is 3.05 bits per heavy atom. The van der Waals surface area contributed by atoms with Crippen LogP contribution in [0.25, 0.3) is 0 Å². The van der Waals surface area contributed by atoms with Crippen LogP contribution in [0.5, 0.6) is 0 Å². The van der Waals surface area contributed by atoms with E-state index in [-0.39, 0.29) is 0 Å². The molecule has 0 aliphatic carbocycles. The van der Waals surface area contributed by atoms with Gasteiger partial charge in [-0.1, -0.05) is 0 Å². The SMILES string of the molecule is CN(C)CCCNc1ccnc(NCC2CCCO2)n1. The molecule has 0 aromatic carbocycles. The summed E-state index contributed by atoms with van der Waals surface area (Å²) in [6, 6.07) is 1.90. The van der Waals surface area contributed by atoms with Crippen molar-refractivity contribution in [3.8, 4) is 0 Å². The largest absolute Gasteiger partial charge is 0.376 e. The molecule has 2 N–H and O–H groups in total. The minimum absolute atomic E-state index is 0.301. The maximum absolute atomic E-state index is 5.57. The molecular formula is C14H25N5O. The quantitative estimate of drug-likeness (QED) is 0.702. The zero-order valence-corrected chi connectivity index (χ0v) is 12.4. The zero-order chi connectivity index (χ0) is 14.2. The number of hydrogen-bond donors (Lipinski definition) is 2. The molecule has 0 bridgehead atoms. The molecule has 1 saturated heterocycles. The van der Waals surface area contributed by atoms with Crippen molar-refractivity contribution in [1.82, 2.24) is 14.9 Å². The van der Waals surface area contributed by atoms with Gasteiger partial charge < -0.3 is 20.3 Å². The van der Waals surface area contributed by atoms with Crippen LogP contribution in [0.3, 0.4) is 0 Å². The van der Waals surface area contributed by atoms with Gasteiger partial charge in [0.25, 0.3) is 0 Å². The van der Waals surface area contributed by atoms with Crippen LogP contribution in [-0.2, 0) is 4.74 Å². The number of anilines is 2. The minimum Gasteiger partial charge on any atom is -0.376 e. The van der Waals surface area contributed by atoms with Gasteiger partial charge in [-0.05, 0) is 46.0 Å². The van der Waals surface area contributed by atoms with Crippen LogP contribution >= 0.6 is 0 Å². The Morgan fingerprint density at radius 1 is 1.40 bits per heavy atom. The average Bonchev–Trinajstić information content (AvgIpc) is 2.95. The van der Waals surface area contributed by atoms with Crippen LogP contribution in [0.4, 0.5) is 11.8 Å². The Morgan fingerprint density at radius 2 is 2.30 bits per heavy atom. The van der Waals surface area contributed by atoms with Crippen LogP contribution in [0.1, 0.15) is 19.3 Å². The van der Waals surface area contributed by atoms with Gasteiger partial charge in [-0.25, -0.2) is 4.98 Å². The van der Waals surface area contributed by atoms with E-state index in [1.165, 1.54) is 0 Å². The summed E-state index contributed by atoms with van der Waals surface area (Å²) in [7, 11) is 4.16.